The molecule has 1 saturated heterocycles. The first-order chi connectivity index (χ1) is 8.43. The summed E-state index contributed by atoms with van der Waals surface area (Å²) < 4.78 is 0. The molecule has 0 N–H and O–H groups in total. The van der Waals surface area contributed by atoms with Crippen LogP contribution in [0.1, 0.15) is 39.5 Å². The number of carbonyl (C=O) groups excluding carboxylic acids is 3. The zero-order chi connectivity index (χ0) is 13.7. The fourth-order valence-electron chi connectivity index (χ4n) is 2.25. The second kappa shape index (κ2) is 6.78. The third-order valence-corrected chi connectivity index (χ3v) is 3.91. The number of hydrogen-bond donors (Lipinski definition) is 0. The summed E-state index contributed by atoms with van der Waals surface area (Å²) in [6.07, 6.45) is 2.26. The molecule has 5 nitrogen and oxygen atoms in total. The number of rotatable bonds is 4. The molecular weight excluding hydrogens is 254 g/mol. The van der Waals surface area contributed by atoms with Crippen LogP contribution < -0.4 is 5.11 Å². The molecule has 18 heavy (non-hydrogen) atoms. The zero-order valence-corrected chi connectivity index (χ0v) is 11.5. The Morgan fingerprint density at radius 1 is 1.33 bits per heavy atom. The van der Waals surface area contributed by atoms with Gasteiger partial charge in [0.1, 0.15) is 0 Å². The van der Waals surface area contributed by atoms with Gasteiger partial charge in [-0.2, -0.15) is 0 Å². The van der Waals surface area contributed by atoms with Gasteiger partial charge in [0.2, 0.25) is 5.91 Å². The van der Waals surface area contributed by atoms with Crippen molar-refractivity contribution in [2.75, 3.05) is 5.75 Å². The first-order valence-electron chi connectivity index (χ1n) is 6.09. The van der Waals surface area contributed by atoms with Crippen molar-refractivity contribution < 1.29 is 19.5 Å². The average molecular weight is 272 g/mol. The van der Waals surface area contributed by atoms with Crippen molar-refractivity contribution in [2.24, 2.45) is 0 Å². The van der Waals surface area contributed by atoms with Crippen LogP contribution in [0.3, 0.4) is 0 Å². The molecule has 0 aromatic rings. The monoisotopic (exact) mass is 272 g/mol. The Bertz CT molecular complexity index is 345. The summed E-state index contributed by atoms with van der Waals surface area (Å²) in [6.45, 7) is 3.30. The average Bonchev–Trinajstić information content (AvgIpc) is 2.27. The molecule has 1 aliphatic rings. The standard InChI is InChI=1S/C12H19NO4S/c1-8-4-3-5-10(12(16)17)13(8)11(15)6-7-18-9(2)14/h8,10H,3-7H2,1-2H3,(H,16,17)/p-1/t8-,10-/m1/s1. The van der Waals surface area contributed by atoms with E-state index in [4.69, 9.17) is 0 Å². The number of nitrogens with zero attached hydrogens (tertiary/aromatic N) is 1. The number of hydrogen-bond acceptors (Lipinski definition) is 5. The normalized spacial score (nSPS) is 23.8. The minimum absolute atomic E-state index is 0.0362. The van der Waals surface area contributed by atoms with Crippen LogP contribution in [0.2, 0.25) is 0 Å². The first-order valence-corrected chi connectivity index (χ1v) is 7.07. The number of amides is 1. The summed E-state index contributed by atoms with van der Waals surface area (Å²) in [5.74, 6) is -0.990. The number of aliphatic carboxylic acids is 1. The Balaban J connectivity index is 2.60. The lowest BCUT2D eigenvalue weighted by atomic mass is 9.96. The molecule has 1 aliphatic heterocycles. The molecule has 0 saturated carbocycles. The van der Waals surface area contributed by atoms with E-state index < -0.39 is 12.0 Å². The molecule has 0 aromatic heterocycles. The van der Waals surface area contributed by atoms with Gasteiger partial charge in [-0.1, -0.05) is 11.8 Å². The highest BCUT2D eigenvalue weighted by atomic mass is 32.2. The van der Waals surface area contributed by atoms with Crippen LogP contribution in [0, 0.1) is 0 Å². The fourth-order valence-corrected chi connectivity index (χ4v) is 2.82. The molecule has 102 valence electrons. The quantitative estimate of drug-likeness (QED) is 0.729. The van der Waals surface area contributed by atoms with Gasteiger partial charge < -0.3 is 14.8 Å². The first kappa shape index (κ1) is 15.0. The minimum atomic E-state index is -1.19. The van der Waals surface area contributed by atoms with Gasteiger partial charge in [-0.05, 0) is 26.2 Å². The van der Waals surface area contributed by atoms with Crippen LogP contribution in [-0.4, -0.2) is 39.7 Å². The Morgan fingerprint density at radius 2 is 2.00 bits per heavy atom. The van der Waals surface area contributed by atoms with Gasteiger partial charge in [-0.3, -0.25) is 9.59 Å². The van der Waals surface area contributed by atoms with E-state index in [-0.39, 0.29) is 23.5 Å². The molecule has 0 spiro atoms. The zero-order valence-electron chi connectivity index (χ0n) is 10.7. The highest BCUT2D eigenvalue weighted by Gasteiger charge is 2.31. The van der Waals surface area contributed by atoms with Crippen molar-refractivity contribution in [1.82, 2.24) is 4.90 Å². The molecule has 6 heteroatoms. The van der Waals surface area contributed by atoms with E-state index in [0.717, 1.165) is 24.6 Å². The lowest BCUT2D eigenvalue weighted by Gasteiger charge is -2.41. The molecule has 2 atom stereocenters. The van der Waals surface area contributed by atoms with Crippen molar-refractivity contribution in [3.05, 3.63) is 0 Å². The number of likely N-dealkylation sites (tertiary alicyclic amines) is 1. The molecule has 0 unspecified atom stereocenters. The molecule has 0 radical (unpaired) electrons. The summed E-state index contributed by atoms with van der Waals surface area (Å²) in [5.41, 5.74) is 0. The lowest BCUT2D eigenvalue weighted by molar-refractivity contribution is -0.312. The number of carboxylic acids is 1. The van der Waals surface area contributed by atoms with Crippen molar-refractivity contribution in [1.29, 1.82) is 0 Å². The summed E-state index contributed by atoms with van der Waals surface area (Å²) in [6, 6.07) is -0.889. The Hall–Kier alpha value is -1.04. The van der Waals surface area contributed by atoms with Crippen LogP contribution in [0.5, 0.6) is 0 Å². The Kier molecular flexibility index (Phi) is 5.65. The van der Waals surface area contributed by atoms with E-state index in [2.05, 4.69) is 0 Å². The van der Waals surface area contributed by atoms with Gasteiger partial charge in [0.15, 0.2) is 5.12 Å². The third kappa shape index (κ3) is 4.01. The van der Waals surface area contributed by atoms with E-state index in [1.165, 1.54) is 11.8 Å². The van der Waals surface area contributed by atoms with Crippen molar-refractivity contribution >= 4 is 28.8 Å². The van der Waals surface area contributed by atoms with Crippen LogP contribution in [0.4, 0.5) is 0 Å². The molecule has 1 amide bonds. The van der Waals surface area contributed by atoms with Crippen molar-refractivity contribution in [3.63, 3.8) is 0 Å². The number of piperidine rings is 1. The minimum Gasteiger partial charge on any atom is -0.548 e. The molecular formula is C12H18NO4S-. The number of carbonyl (C=O) groups is 3. The van der Waals surface area contributed by atoms with E-state index in [9.17, 15) is 19.5 Å². The fraction of sp³-hybridized carbons (Fsp3) is 0.750. The van der Waals surface area contributed by atoms with Crippen molar-refractivity contribution in [3.8, 4) is 0 Å². The van der Waals surface area contributed by atoms with E-state index in [1.807, 2.05) is 6.92 Å². The predicted molar refractivity (Wildman–Crippen MR) is 66.7 cm³/mol. The molecule has 0 aliphatic carbocycles. The molecule has 1 rings (SSSR count). The van der Waals surface area contributed by atoms with Crippen LogP contribution in [0.25, 0.3) is 0 Å². The Morgan fingerprint density at radius 3 is 2.56 bits per heavy atom. The lowest BCUT2D eigenvalue weighted by Crippen LogP contribution is -2.56. The maximum Gasteiger partial charge on any atom is 0.224 e. The number of carboxylic acid groups (broad SMARTS) is 1. The van der Waals surface area contributed by atoms with Crippen LogP contribution >= 0.6 is 11.8 Å². The van der Waals surface area contributed by atoms with Gasteiger partial charge in [-0.15, -0.1) is 0 Å². The highest BCUT2D eigenvalue weighted by molar-refractivity contribution is 8.13. The van der Waals surface area contributed by atoms with E-state index in [0.29, 0.717) is 12.2 Å². The van der Waals surface area contributed by atoms with Gasteiger partial charge in [-0.25, -0.2) is 0 Å². The Labute approximate surface area is 111 Å². The second-order valence-corrected chi connectivity index (χ2v) is 5.78. The summed E-state index contributed by atoms with van der Waals surface area (Å²) in [4.78, 5) is 35.2. The maximum atomic E-state index is 12.0. The maximum absolute atomic E-state index is 12.0. The van der Waals surface area contributed by atoms with E-state index >= 15 is 0 Å². The van der Waals surface area contributed by atoms with Crippen LogP contribution in [0.15, 0.2) is 0 Å². The molecule has 1 fully saturated rings. The summed E-state index contributed by atoms with van der Waals surface area (Å²) in [5, 5.41) is 11.0. The largest absolute Gasteiger partial charge is 0.548 e. The van der Waals surface area contributed by atoms with E-state index in [1.54, 1.807) is 0 Å². The molecule has 0 bridgehead atoms. The van der Waals surface area contributed by atoms with Gasteiger partial charge in [0, 0.05) is 25.1 Å². The predicted octanol–water partition coefficient (Wildman–Crippen LogP) is 0.176. The van der Waals surface area contributed by atoms with Crippen molar-refractivity contribution in [2.45, 2.75) is 51.6 Å². The topological polar surface area (TPSA) is 77.5 Å². The van der Waals surface area contributed by atoms with Gasteiger partial charge in [0.05, 0.1) is 12.0 Å². The molecule has 1 heterocycles. The van der Waals surface area contributed by atoms with Gasteiger partial charge in [0.25, 0.3) is 0 Å². The second-order valence-electron chi connectivity index (χ2n) is 4.51. The number of thioether (sulfide) groups is 1. The van der Waals surface area contributed by atoms with Crippen LogP contribution in [-0.2, 0) is 14.4 Å². The van der Waals surface area contributed by atoms with Gasteiger partial charge >= 0.3 is 0 Å². The third-order valence-electron chi connectivity index (χ3n) is 3.09. The summed E-state index contributed by atoms with van der Waals surface area (Å²) in [7, 11) is 0. The summed E-state index contributed by atoms with van der Waals surface area (Å²) >= 11 is 1.08. The SMILES string of the molecule is CC(=O)SCCC(=O)N1[C@H](C)CCC[C@@H]1C(=O)[O-]. The highest BCUT2D eigenvalue weighted by Crippen LogP contribution is 2.23. The smallest absolute Gasteiger partial charge is 0.224 e. The molecule has 0 aromatic carbocycles.